The van der Waals surface area contributed by atoms with Crippen molar-refractivity contribution in [1.82, 2.24) is 15.0 Å². The number of aliphatic hydroxyl groups excluding tert-OH is 2. The smallest absolute Gasteiger partial charge is 0.226 e. The maximum Gasteiger partial charge on any atom is 0.226 e. The number of aliphatic hydroxyl groups is 2. The molecule has 1 unspecified atom stereocenters. The van der Waals surface area contributed by atoms with Crippen LogP contribution >= 0.6 is 0 Å². The van der Waals surface area contributed by atoms with Crippen molar-refractivity contribution in [3.63, 3.8) is 0 Å². The van der Waals surface area contributed by atoms with Gasteiger partial charge < -0.3 is 32.2 Å². The molecule has 0 aliphatic carbocycles. The van der Waals surface area contributed by atoms with Gasteiger partial charge in [-0.1, -0.05) is 0 Å². The summed E-state index contributed by atoms with van der Waals surface area (Å²) in [6.07, 6.45) is -0.560. The van der Waals surface area contributed by atoms with E-state index in [1.54, 1.807) is 0 Å². The molecule has 0 saturated carbocycles. The number of carbonyl (C=O) groups excluding carboxylic acids is 1. The second-order valence-electron chi connectivity index (χ2n) is 2.44. The second-order valence-corrected chi connectivity index (χ2v) is 2.44. The molecular formula is C7H16N6O3. The fraction of sp³-hybridized carbons (Fsp3) is 0.429. The fourth-order valence-electron chi connectivity index (χ4n) is 0.427. The quantitative estimate of drug-likeness (QED) is 0.359. The Morgan fingerprint density at radius 3 is 1.44 bits per heavy atom. The van der Waals surface area contributed by atoms with Crippen LogP contribution in [0.15, 0.2) is 0 Å². The molecule has 1 atom stereocenters. The minimum absolute atomic E-state index is 0.0417. The van der Waals surface area contributed by atoms with Gasteiger partial charge in [0.05, 0.1) is 12.7 Å². The summed E-state index contributed by atoms with van der Waals surface area (Å²) < 4.78 is 0. The Morgan fingerprint density at radius 2 is 1.31 bits per heavy atom. The minimum Gasteiger partial charge on any atom is -0.394 e. The lowest BCUT2D eigenvalue weighted by atomic mass is 10.5. The zero-order valence-corrected chi connectivity index (χ0v) is 8.87. The van der Waals surface area contributed by atoms with Crippen LogP contribution in [0, 0.1) is 0 Å². The molecule has 92 valence electrons. The fourth-order valence-corrected chi connectivity index (χ4v) is 0.427. The van der Waals surface area contributed by atoms with Crippen molar-refractivity contribution in [2.75, 3.05) is 23.8 Å². The zero-order valence-electron chi connectivity index (χ0n) is 8.87. The molecule has 0 radical (unpaired) electrons. The molecule has 0 saturated heterocycles. The third-order valence-electron chi connectivity index (χ3n) is 0.952. The molecule has 9 heteroatoms. The molecule has 0 fully saturated rings. The van der Waals surface area contributed by atoms with Gasteiger partial charge in [-0.05, 0) is 6.92 Å². The summed E-state index contributed by atoms with van der Waals surface area (Å²) >= 11 is 0. The topological polar surface area (TPSA) is 174 Å². The molecule has 1 aromatic heterocycles. The van der Waals surface area contributed by atoms with Crippen molar-refractivity contribution in [3.8, 4) is 0 Å². The predicted molar refractivity (Wildman–Crippen MR) is 59.0 cm³/mol. The van der Waals surface area contributed by atoms with Crippen LogP contribution in [0.4, 0.5) is 17.8 Å². The van der Waals surface area contributed by atoms with Gasteiger partial charge in [-0.2, -0.15) is 15.0 Å². The highest BCUT2D eigenvalue weighted by Crippen LogP contribution is 1.97. The number of rotatable bonds is 1. The third kappa shape index (κ3) is 10.1. The highest BCUT2D eigenvalue weighted by Gasteiger charge is 1.93. The Bertz CT molecular complexity index is 245. The van der Waals surface area contributed by atoms with E-state index in [1.807, 2.05) is 6.79 Å². The molecule has 0 spiro atoms. The van der Waals surface area contributed by atoms with E-state index in [9.17, 15) is 0 Å². The van der Waals surface area contributed by atoms with Gasteiger partial charge in [-0.3, -0.25) is 0 Å². The molecule has 0 aliphatic rings. The third-order valence-corrected chi connectivity index (χ3v) is 0.952. The van der Waals surface area contributed by atoms with E-state index in [-0.39, 0.29) is 24.5 Å². The number of nitrogen functional groups attached to an aromatic ring is 3. The molecule has 0 aromatic carbocycles. The number of nitrogens with zero attached hydrogens (tertiary/aromatic N) is 3. The molecule has 9 nitrogen and oxygen atoms in total. The largest absolute Gasteiger partial charge is 0.394 e. The average Bonchev–Trinajstić information content (AvgIpc) is 2.19. The summed E-state index contributed by atoms with van der Waals surface area (Å²) in [5.74, 6) is 0.125. The number of nitrogens with two attached hydrogens (primary N) is 3. The van der Waals surface area contributed by atoms with Gasteiger partial charge in [0.2, 0.25) is 17.8 Å². The number of carbonyl (C=O) groups is 1. The van der Waals surface area contributed by atoms with Gasteiger partial charge in [0.15, 0.2) is 0 Å². The van der Waals surface area contributed by atoms with E-state index >= 15 is 0 Å². The van der Waals surface area contributed by atoms with E-state index in [0.29, 0.717) is 0 Å². The van der Waals surface area contributed by atoms with E-state index < -0.39 is 6.10 Å². The van der Waals surface area contributed by atoms with Gasteiger partial charge in [0.1, 0.15) is 6.79 Å². The van der Waals surface area contributed by atoms with Crippen molar-refractivity contribution < 1.29 is 15.0 Å². The number of anilines is 3. The Kier molecular flexibility index (Phi) is 9.81. The Balaban J connectivity index is 0. The number of aromatic nitrogens is 3. The Morgan fingerprint density at radius 1 is 1.12 bits per heavy atom. The summed E-state index contributed by atoms with van der Waals surface area (Å²) in [7, 11) is 0. The van der Waals surface area contributed by atoms with E-state index in [2.05, 4.69) is 15.0 Å². The monoisotopic (exact) mass is 232 g/mol. The van der Waals surface area contributed by atoms with Crippen LogP contribution in [-0.4, -0.2) is 44.7 Å². The van der Waals surface area contributed by atoms with E-state index in [0.717, 1.165) is 0 Å². The van der Waals surface area contributed by atoms with Gasteiger partial charge in [0.25, 0.3) is 0 Å². The van der Waals surface area contributed by atoms with Crippen LogP contribution in [0.25, 0.3) is 0 Å². The van der Waals surface area contributed by atoms with Gasteiger partial charge in [0, 0.05) is 0 Å². The number of hydrogen-bond acceptors (Lipinski definition) is 9. The first-order valence-electron chi connectivity index (χ1n) is 4.06. The molecule has 16 heavy (non-hydrogen) atoms. The standard InChI is InChI=1S/C3H6N6.C3H8O2.CH2O/c4-1-7-2(5)9-3(6)8-1;1-3(5)2-4;1-2/h(H6,4,5,6,7,8,9);3-5H,2H2,1H3;1H2. The number of hydrogen-bond donors (Lipinski definition) is 5. The average molecular weight is 232 g/mol. The van der Waals surface area contributed by atoms with Gasteiger partial charge >= 0.3 is 0 Å². The highest BCUT2D eigenvalue weighted by atomic mass is 16.3. The normalized spacial score (nSPS) is 10.2. The first-order chi connectivity index (χ1) is 7.45. The zero-order chi connectivity index (χ0) is 13.1. The Labute approximate surface area is 92.3 Å². The predicted octanol–water partition coefficient (Wildman–Crippen LogP) is -2.21. The summed E-state index contributed by atoms with van der Waals surface area (Å²) in [5.41, 5.74) is 15.4. The summed E-state index contributed by atoms with van der Waals surface area (Å²) in [5, 5.41) is 16.0. The van der Waals surface area contributed by atoms with Crippen LogP contribution in [0.3, 0.4) is 0 Å². The first-order valence-corrected chi connectivity index (χ1v) is 4.06. The first kappa shape index (κ1) is 16.4. The molecule has 0 amide bonds. The van der Waals surface area contributed by atoms with E-state index in [4.69, 9.17) is 32.2 Å². The molecule has 1 rings (SSSR count). The van der Waals surface area contributed by atoms with Crippen LogP contribution in [0.1, 0.15) is 6.92 Å². The molecule has 1 heterocycles. The van der Waals surface area contributed by atoms with Crippen molar-refractivity contribution in [1.29, 1.82) is 0 Å². The van der Waals surface area contributed by atoms with Crippen LogP contribution in [-0.2, 0) is 4.79 Å². The van der Waals surface area contributed by atoms with E-state index in [1.165, 1.54) is 6.92 Å². The Hall–Kier alpha value is -2.00. The molecular weight excluding hydrogens is 216 g/mol. The summed E-state index contributed by atoms with van der Waals surface area (Å²) in [6, 6.07) is 0. The van der Waals surface area contributed by atoms with Crippen molar-refractivity contribution in [2.45, 2.75) is 13.0 Å². The minimum atomic E-state index is -0.560. The second kappa shape index (κ2) is 9.55. The van der Waals surface area contributed by atoms with Gasteiger partial charge in [-0.15, -0.1) is 0 Å². The van der Waals surface area contributed by atoms with Crippen LogP contribution in [0.2, 0.25) is 0 Å². The van der Waals surface area contributed by atoms with Crippen LogP contribution in [0.5, 0.6) is 0 Å². The lowest BCUT2D eigenvalue weighted by Crippen LogP contribution is -2.05. The molecule has 8 N–H and O–H groups in total. The van der Waals surface area contributed by atoms with Crippen molar-refractivity contribution >= 4 is 24.6 Å². The molecule has 0 aliphatic heterocycles. The lowest BCUT2D eigenvalue weighted by Gasteiger charge is -1.93. The van der Waals surface area contributed by atoms with Crippen molar-refractivity contribution in [3.05, 3.63) is 0 Å². The maximum absolute atomic E-state index is 8.11. The summed E-state index contributed by atoms with van der Waals surface area (Å²) in [6.45, 7) is 3.39. The molecule has 0 bridgehead atoms. The highest BCUT2D eigenvalue weighted by molar-refractivity contribution is 5.33. The van der Waals surface area contributed by atoms with Gasteiger partial charge in [-0.25, -0.2) is 0 Å². The lowest BCUT2D eigenvalue weighted by molar-refractivity contribution is -0.0979. The summed E-state index contributed by atoms with van der Waals surface area (Å²) in [4.78, 5) is 18.5. The SMILES string of the molecule is C=O.CC(O)CO.Nc1nc(N)nc(N)n1. The van der Waals surface area contributed by atoms with Crippen molar-refractivity contribution in [2.24, 2.45) is 0 Å². The maximum atomic E-state index is 8.11. The van der Waals surface area contributed by atoms with Crippen LogP contribution < -0.4 is 17.2 Å². The molecule has 1 aromatic rings.